The number of aliphatic imine (C=N–C) groups is 1. The van der Waals surface area contributed by atoms with Crippen LogP contribution >= 0.6 is 24.0 Å². The van der Waals surface area contributed by atoms with E-state index < -0.39 is 0 Å². The largest absolute Gasteiger partial charge is 0.457 e. The summed E-state index contributed by atoms with van der Waals surface area (Å²) in [5, 5.41) is 6.60. The van der Waals surface area contributed by atoms with Crippen molar-refractivity contribution in [3.05, 3.63) is 59.7 Å². The van der Waals surface area contributed by atoms with Crippen molar-refractivity contribution >= 4 is 29.9 Å². The van der Waals surface area contributed by atoms with Gasteiger partial charge in [-0.3, -0.25) is 4.99 Å². The monoisotopic (exact) mass is 423 g/mol. The van der Waals surface area contributed by atoms with Crippen molar-refractivity contribution in [2.75, 3.05) is 13.1 Å². The van der Waals surface area contributed by atoms with Crippen LogP contribution in [-0.4, -0.2) is 19.0 Å². The Balaban J connectivity index is 0.00000192. The zero-order chi connectivity index (χ0) is 15.2. The van der Waals surface area contributed by atoms with Gasteiger partial charge in [-0.2, -0.15) is 0 Å². The third kappa shape index (κ3) is 5.13. The molecule has 3 rings (SSSR count). The maximum absolute atomic E-state index is 6.03. The van der Waals surface area contributed by atoms with Crippen LogP contribution in [0.15, 0.2) is 53.5 Å². The number of nitrogens with one attached hydrogen (secondary N) is 2. The summed E-state index contributed by atoms with van der Waals surface area (Å²) in [6.45, 7) is 4.62. The third-order valence-electron chi connectivity index (χ3n) is 3.53. The molecule has 1 heterocycles. The van der Waals surface area contributed by atoms with Gasteiger partial charge in [-0.1, -0.05) is 30.3 Å². The van der Waals surface area contributed by atoms with Crippen LogP contribution in [0.5, 0.6) is 11.5 Å². The second-order valence-electron chi connectivity index (χ2n) is 5.39. The van der Waals surface area contributed by atoms with Gasteiger partial charge in [0.1, 0.15) is 11.5 Å². The highest BCUT2D eigenvalue weighted by molar-refractivity contribution is 14.0. The molecule has 0 aromatic heterocycles. The summed E-state index contributed by atoms with van der Waals surface area (Å²) in [7, 11) is 0. The molecule has 0 amide bonds. The highest BCUT2D eigenvalue weighted by atomic mass is 127. The molecule has 0 saturated heterocycles. The molecule has 0 saturated carbocycles. The summed E-state index contributed by atoms with van der Waals surface area (Å²) >= 11 is 0. The summed E-state index contributed by atoms with van der Waals surface area (Å²) in [6.07, 6.45) is 1.10. The zero-order valence-corrected chi connectivity index (χ0v) is 15.5. The van der Waals surface area contributed by atoms with E-state index in [1.165, 1.54) is 5.56 Å². The van der Waals surface area contributed by atoms with Crippen molar-refractivity contribution in [1.29, 1.82) is 0 Å². The quantitative estimate of drug-likeness (QED) is 0.735. The Morgan fingerprint density at radius 3 is 2.83 bits per heavy atom. The Morgan fingerprint density at radius 2 is 2.04 bits per heavy atom. The predicted octanol–water partition coefficient (Wildman–Crippen LogP) is 3.84. The molecule has 0 fully saturated rings. The Morgan fingerprint density at radius 1 is 1.17 bits per heavy atom. The number of hydrogen-bond donors (Lipinski definition) is 2. The van der Waals surface area contributed by atoms with Gasteiger partial charge in [0.15, 0.2) is 5.96 Å². The summed E-state index contributed by atoms with van der Waals surface area (Å²) in [5.74, 6) is 2.61. The first kappa shape index (κ1) is 17.6. The van der Waals surface area contributed by atoms with Crippen molar-refractivity contribution in [3.8, 4) is 11.5 Å². The van der Waals surface area contributed by atoms with Crippen LogP contribution < -0.4 is 15.4 Å². The smallest absolute Gasteiger partial charge is 0.191 e. The second-order valence-corrected chi connectivity index (χ2v) is 5.39. The molecule has 23 heavy (non-hydrogen) atoms. The molecule has 0 radical (unpaired) electrons. The van der Waals surface area contributed by atoms with Gasteiger partial charge < -0.3 is 15.4 Å². The fraction of sp³-hybridized carbons (Fsp3) is 0.278. The lowest BCUT2D eigenvalue weighted by Crippen LogP contribution is -2.40. The van der Waals surface area contributed by atoms with E-state index in [4.69, 9.17) is 4.74 Å². The number of ether oxygens (including phenoxy) is 1. The van der Waals surface area contributed by atoms with E-state index in [0.29, 0.717) is 6.54 Å². The Labute approximate surface area is 154 Å². The van der Waals surface area contributed by atoms with Crippen molar-refractivity contribution in [2.24, 2.45) is 4.99 Å². The molecule has 2 aromatic rings. The van der Waals surface area contributed by atoms with Gasteiger partial charge in [-0.25, -0.2) is 0 Å². The summed E-state index contributed by atoms with van der Waals surface area (Å²) in [5.41, 5.74) is 2.30. The first-order valence-electron chi connectivity index (χ1n) is 7.66. The first-order valence-corrected chi connectivity index (χ1v) is 7.66. The molecule has 5 heteroatoms. The van der Waals surface area contributed by atoms with Gasteiger partial charge in [0.05, 0.1) is 0 Å². The van der Waals surface area contributed by atoms with Gasteiger partial charge in [0.2, 0.25) is 0 Å². The van der Waals surface area contributed by atoms with E-state index in [2.05, 4.69) is 34.7 Å². The molecule has 0 aliphatic carbocycles. The zero-order valence-electron chi connectivity index (χ0n) is 13.2. The Bertz CT molecular complexity index is 673. The van der Waals surface area contributed by atoms with Gasteiger partial charge >= 0.3 is 0 Å². The molecule has 0 atom stereocenters. The SMILES string of the molecule is Cc1cccc(Oc2ccccc2CNC2=NCCCN2)c1.I. The lowest BCUT2D eigenvalue weighted by atomic mass is 10.2. The third-order valence-corrected chi connectivity index (χ3v) is 3.53. The van der Waals surface area contributed by atoms with Crippen molar-refractivity contribution < 1.29 is 4.74 Å². The van der Waals surface area contributed by atoms with Crippen LogP contribution in [0.2, 0.25) is 0 Å². The van der Waals surface area contributed by atoms with Crippen molar-refractivity contribution in [2.45, 2.75) is 19.9 Å². The lowest BCUT2D eigenvalue weighted by molar-refractivity contribution is 0.474. The molecular formula is C18H22IN3O. The predicted molar refractivity (Wildman–Crippen MR) is 105 cm³/mol. The molecule has 0 bridgehead atoms. The Hall–Kier alpha value is -1.76. The second kappa shape index (κ2) is 8.76. The number of aryl methyl sites for hydroxylation is 1. The number of nitrogens with zero attached hydrogens (tertiary/aromatic N) is 1. The van der Waals surface area contributed by atoms with Crippen LogP contribution in [0.1, 0.15) is 17.5 Å². The lowest BCUT2D eigenvalue weighted by Gasteiger charge is -2.17. The summed E-state index contributed by atoms with van der Waals surface area (Å²) in [6, 6.07) is 16.2. The highest BCUT2D eigenvalue weighted by Crippen LogP contribution is 2.25. The fourth-order valence-electron chi connectivity index (χ4n) is 2.39. The van der Waals surface area contributed by atoms with Crippen LogP contribution in [0.3, 0.4) is 0 Å². The number of rotatable bonds is 4. The van der Waals surface area contributed by atoms with E-state index in [1.54, 1.807) is 0 Å². The van der Waals surface area contributed by atoms with E-state index in [9.17, 15) is 0 Å². The topological polar surface area (TPSA) is 45.6 Å². The summed E-state index contributed by atoms with van der Waals surface area (Å²) < 4.78 is 6.03. The number of benzene rings is 2. The average Bonchev–Trinajstić information content (AvgIpc) is 2.55. The number of hydrogen-bond acceptors (Lipinski definition) is 4. The van der Waals surface area contributed by atoms with Gasteiger partial charge in [0.25, 0.3) is 0 Å². The van der Waals surface area contributed by atoms with E-state index in [-0.39, 0.29) is 24.0 Å². The normalized spacial score (nSPS) is 13.3. The van der Waals surface area contributed by atoms with Crippen LogP contribution in [0.4, 0.5) is 0 Å². The first-order chi connectivity index (χ1) is 10.8. The maximum Gasteiger partial charge on any atom is 0.191 e. The average molecular weight is 423 g/mol. The maximum atomic E-state index is 6.03. The molecular weight excluding hydrogens is 401 g/mol. The molecule has 0 unspecified atom stereocenters. The molecule has 0 spiro atoms. The van der Waals surface area contributed by atoms with Crippen molar-refractivity contribution in [1.82, 2.24) is 10.6 Å². The van der Waals surface area contributed by atoms with Gasteiger partial charge in [-0.05, 0) is 37.1 Å². The highest BCUT2D eigenvalue weighted by Gasteiger charge is 2.07. The van der Waals surface area contributed by atoms with E-state index >= 15 is 0 Å². The fourth-order valence-corrected chi connectivity index (χ4v) is 2.39. The van der Waals surface area contributed by atoms with Crippen molar-refractivity contribution in [3.63, 3.8) is 0 Å². The molecule has 2 aromatic carbocycles. The minimum Gasteiger partial charge on any atom is -0.457 e. The van der Waals surface area contributed by atoms with Gasteiger partial charge in [-0.15, -0.1) is 24.0 Å². The molecule has 1 aliphatic rings. The van der Waals surface area contributed by atoms with Crippen LogP contribution in [0, 0.1) is 6.92 Å². The van der Waals surface area contributed by atoms with E-state index in [1.807, 2.05) is 36.4 Å². The van der Waals surface area contributed by atoms with E-state index in [0.717, 1.165) is 42.5 Å². The number of para-hydroxylation sites is 1. The molecule has 2 N–H and O–H groups in total. The standard InChI is InChI=1S/C18H21N3O.HI/c1-14-6-4-8-16(12-14)22-17-9-3-2-7-15(17)13-21-18-19-10-5-11-20-18;/h2-4,6-9,12H,5,10-11,13H2,1H3,(H2,19,20,21);1H. The number of halogens is 1. The minimum atomic E-state index is 0. The molecule has 122 valence electrons. The number of guanidine groups is 1. The van der Waals surface area contributed by atoms with Crippen LogP contribution in [-0.2, 0) is 6.54 Å². The molecule has 4 nitrogen and oxygen atoms in total. The summed E-state index contributed by atoms with van der Waals surface area (Å²) in [4.78, 5) is 4.42. The Kier molecular flexibility index (Phi) is 6.70. The van der Waals surface area contributed by atoms with Crippen LogP contribution in [0.25, 0.3) is 0 Å². The minimum absolute atomic E-state index is 0. The molecule has 1 aliphatic heterocycles. The van der Waals surface area contributed by atoms with Gasteiger partial charge in [0, 0.05) is 25.2 Å².